The van der Waals surface area contributed by atoms with Gasteiger partial charge >= 0.3 is 10.8 Å². The van der Waals surface area contributed by atoms with Crippen molar-refractivity contribution in [3.63, 3.8) is 0 Å². The topological polar surface area (TPSA) is 37.3 Å². The predicted molar refractivity (Wildman–Crippen MR) is 24.0 cm³/mol. The molecule has 2 nitrogen and oxygen atoms in total. The second-order valence-corrected chi connectivity index (χ2v) is 1.80. The maximum Gasteiger partial charge on any atom is 0.395 e. The monoisotopic (exact) mass is 194 g/mol. The van der Waals surface area contributed by atoms with Gasteiger partial charge in [0, 0.05) is 15.9 Å². The largest absolute Gasteiger partial charge is 0.476 e. The van der Waals surface area contributed by atoms with Gasteiger partial charge in [0.1, 0.15) is 0 Å². The van der Waals surface area contributed by atoms with E-state index >= 15 is 0 Å². The normalized spacial score (nSPS) is 9.88. The molecule has 0 aromatic rings. The van der Waals surface area contributed by atoms with Crippen LogP contribution in [0.15, 0.2) is 0 Å². The van der Waals surface area contributed by atoms with E-state index in [4.69, 9.17) is 5.11 Å². The Kier molecular flexibility index (Phi) is 3.88. The molecular formula is C2H2BrF3O2. The van der Waals surface area contributed by atoms with E-state index in [0.29, 0.717) is 0 Å². The van der Waals surface area contributed by atoms with Crippen LogP contribution in [0, 0.1) is 0 Å². The van der Waals surface area contributed by atoms with Gasteiger partial charge in [-0.05, 0) is 0 Å². The fraction of sp³-hybridized carbons (Fsp3) is 0.500. The van der Waals surface area contributed by atoms with Crippen LogP contribution in [0.4, 0.5) is 13.5 Å². The molecular weight excluding hydrogens is 193 g/mol. The summed E-state index contributed by atoms with van der Waals surface area (Å²) in [6, 6.07) is 0. The summed E-state index contributed by atoms with van der Waals surface area (Å²) in [7, 11) is 0. The highest BCUT2D eigenvalue weighted by molar-refractivity contribution is 9.10. The Balaban J connectivity index is 0. The third kappa shape index (κ3) is 3.91. The molecule has 0 unspecified atom stereocenters. The summed E-state index contributed by atoms with van der Waals surface area (Å²) in [5.74, 6) is -2.17. The van der Waals surface area contributed by atoms with Crippen molar-refractivity contribution in [3.05, 3.63) is 0 Å². The lowest BCUT2D eigenvalue weighted by Crippen LogP contribution is -2.18. The summed E-state index contributed by atoms with van der Waals surface area (Å²) >= 11 is 1.61. The Bertz CT molecular complexity index is 87.8. The van der Waals surface area contributed by atoms with Crippen molar-refractivity contribution in [2.24, 2.45) is 0 Å². The Morgan fingerprint density at radius 2 is 1.75 bits per heavy atom. The van der Waals surface area contributed by atoms with Crippen LogP contribution in [-0.4, -0.2) is 15.9 Å². The van der Waals surface area contributed by atoms with E-state index in [0.717, 1.165) is 0 Å². The summed E-state index contributed by atoms with van der Waals surface area (Å²) in [4.78, 5) is 5.45. The molecule has 0 aliphatic carbocycles. The third-order valence-electron chi connectivity index (χ3n) is 0.243. The van der Waals surface area contributed by atoms with Crippen molar-refractivity contribution in [1.82, 2.24) is 0 Å². The highest BCUT2D eigenvalue weighted by Crippen LogP contribution is 2.20. The van der Waals surface area contributed by atoms with E-state index < -0.39 is 10.8 Å². The molecule has 0 bridgehead atoms. The molecule has 0 fully saturated rings. The van der Waals surface area contributed by atoms with Crippen LogP contribution in [0.25, 0.3) is 0 Å². The zero-order valence-electron chi connectivity index (χ0n) is 3.40. The van der Waals surface area contributed by atoms with Crippen molar-refractivity contribution < 1.29 is 23.4 Å². The fourth-order valence-electron chi connectivity index (χ4n) is 0. The minimum absolute atomic E-state index is 0. The molecule has 0 aliphatic rings. The molecule has 1 N–H and O–H groups in total. The van der Waals surface area contributed by atoms with Crippen molar-refractivity contribution >= 4 is 21.9 Å². The lowest BCUT2D eigenvalue weighted by atomic mass is 10.7. The Morgan fingerprint density at radius 1 is 1.62 bits per heavy atom. The summed E-state index contributed by atoms with van der Waals surface area (Å²) in [6.45, 7) is 0. The summed E-state index contributed by atoms with van der Waals surface area (Å²) in [6.07, 6.45) is 0. The molecule has 0 spiro atoms. The second kappa shape index (κ2) is 2.91. The fourth-order valence-corrected chi connectivity index (χ4v) is 0. The zero-order valence-corrected chi connectivity index (χ0v) is 4.98. The van der Waals surface area contributed by atoms with E-state index in [-0.39, 0.29) is 4.70 Å². The van der Waals surface area contributed by atoms with Gasteiger partial charge in [-0.2, -0.15) is 8.78 Å². The lowest BCUT2D eigenvalue weighted by Gasteiger charge is -1.96. The van der Waals surface area contributed by atoms with Crippen LogP contribution in [0.2, 0.25) is 0 Å². The first-order valence-corrected chi connectivity index (χ1v) is 2.04. The first-order chi connectivity index (χ1) is 2.94. The highest BCUT2D eigenvalue weighted by atomic mass is 79.9. The SMILES string of the molecule is F.O=C(O)C(F)(F)Br. The van der Waals surface area contributed by atoms with Gasteiger partial charge in [-0.25, -0.2) is 4.79 Å². The van der Waals surface area contributed by atoms with E-state index in [2.05, 4.69) is 0 Å². The summed E-state index contributed by atoms with van der Waals surface area (Å²) < 4.78 is 22.3. The van der Waals surface area contributed by atoms with Gasteiger partial charge in [-0.3, -0.25) is 4.70 Å². The molecule has 6 heteroatoms. The van der Waals surface area contributed by atoms with Crippen molar-refractivity contribution in [2.45, 2.75) is 4.83 Å². The standard InChI is InChI=1S/C2HBrF2O2.FH/c3-2(4,5)1(6)7;/h(H,6,7);1H. The van der Waals surface area contributed by atoms with Gasteiger partial charge in [0.15, 0.2) is 0 Å². The molecule has 0 rings (SSSR count). The Labute approximate surface area is 51.0 Å². The molecule has 0 aromatic carbocycles. The average molecular weight is 195 g/mol. The number of carbonyl (C=O) groups is 1. The predicted octanol–water partition coefficient (Wildman–Crippen LogP) is 1.21. The van der Waals surface area contributed by atoms with Crippen LogP contribution in [-0.2, 0) is 4.79 Å². The van der Waals surface area contributed by atoms with Gasteiger partial charge in [-0.1, -0.05) is 0 Å². The molecule has 0 heterocycles. The number of alkyl halides is 3. The molecule has 0 atom stereocenters. The van der Waals surface area contributed by atoms with E-state index in [9.17, 15) is 13.6 Å². The third-order valence-corrected chi connectivity index (χ3v) is 0.582. The smallest absolute Gasteiger partial charge is 0.395 e. The number of halogens is 4. The molecule has 0 amide bonds. The van der Waals surface area contributed by atoms with Crippen LogP contribution < -0.4 is 0 Å². The molecule has 8 heavy (non-hydrogen) atoms. The van der Waals surface area contributed by atoms with Crippen LogP contribution in [0.5, 0.6) is 0 Å². The van der Waals surface area contributed by atoms with Gasteiger partial charge < -0.3 is 5.11 Å². The van der Waals surface area contributed by atoms with Crippen LogP contribution >= 0.6 is 15.9 Å². The first kappa shape index (κ1) is 10.7. The van der Waals surface area contributed by atoms with E-state index in [1.165, 1.54) is 0 Å². The molecule has 0 radical (unpaired) electrons. The maximum absolute atomic E-state index is 11.2. The number of hydrogen-bond acceptors (Lipinski definition) is 1. The van der Waals surface area contributed by atoms with Gasteiger partial charge in [0.2, 0.25) is 0 Å². The molecule has 0 saturated carbocycles. The number of rotatable bonds is 1. The van der Waals surface area contributed by atoms with Gasteiger partial charge in [-0.15, -0.1) is 0 Å². The van der Waals surface area contributed by atoms with Crippen LogP contribution in [0.3, 0.4) is 0 Å². The van der Waals surface area contributed by atoms with Gasteiger partial charge in [0.25, 0.3) is 0 Å². The van der Waals surface area contributed by atoms with E-state index in [1.807, 2.05) is 0 Å². The summed E-state index contributed by atoms with van der Waals surface area (Å²) in [5.41, 5.74) is 0. The summed E-state index contributed by atoms with van der Waals surface area (Å²) in [5, 5.41) is 7.45. The number of aliphatic carboxylic acids is 1. The van der Waals surface area contributed by atoms with Crippen molar-refractivity contribution in [1.29, 1.82) is 0 Å². The minimum Gasteiger partial charge on any atom is -0.476 e. The highest BCUT2D eigenvalue weighted by Gasteiger charge is 2.34. The first-order valence-electron chi connectivity index (χ1n) is 1.24. The number of carboxylic acid groups (broad SMARTS) is 1. The maximum atomic E-state index is 11.2. The number of hydrogen-bond donors (Lipinski definition) is 1. The zero-order chi connectivity index (χ0) is 6.08. The molecule has 0 saturated heterocycles. The Morgan fingerprint density at radius 3 is 1.75 bits per heavy atom. The Hall–Kier alpha value is -0.260. The van der Waals surface area contributed by atoms with E-state index in [1.54, 1.807) is 15.9 Å². The molecule has 50 valence electrons. The number of carboxylic acids is 1. The molecule has 0 aliphatic heterocycles. The average Bonchev–Trinajstić information content (AvgIpc) is 1.31. The lowest BCUT2D eigenvalue weighted by molar-refractivity contribution is -0.152. The van der Waals surface area contributed by atoms with Crippen molar-refractivity contribution in [2.75, 3.05) is 0 Å². The van der Waals surface area contributed by atoms with Crippen LogP contribution in [0.1, 0.15) is 0 Å². The van der Waals surface area contributed by atoms with Gasteiger partial charge in [0.05, 0.1) is 0 Å². The molecule has 0 aromatic heterocycles. The minimum atomic E-state index is -3.77. The van der Waals surface area contributed by atoms with Crippen molar-refractivity contribution in [3.8, 4) is 0 Å². The second-order valence-electron chi connectivity index (χ2n) is 0.803. The quantitative estimate of drug-likeness (QED) is 0.638.